The summed E-state index contributed by atoms with van der Waals surface area (Å²) < 4.78 is 11.2. The molecule has 0 N–H and O–H groups in total. The molecular formula is C22H44O3. The molecule has 0 rings (SSSR count). The van der Waals surface area contributed by atoms with Gasteiger partial charge in [-0.1, -0.05) is 85.0 Å². The van der Waals surface area contributed by atoms with Crippen LogP contribution in [0, 0.1) is 5.92 Å². The zero-order valence-electron chi connectivity index (χ0n) is 17.5. The van der Waals surface area contributed by atoms with Crippen molar-refractivity contribution in [2.45, 2.75) is 117 Å². The summed E-state index contributed by atoms with van der Waals surface area (Å²) in [6, 6.07) is 0. The van der Waals surface area contributed by atoms with Crippen LogP contribution in [0.5, 0.6) is 0 Å². The van der Waals surface area contributed by atoms with Gasteiger partial charge in [-0.25, -0.2) is 0 Å². The molecule has 150 valence electrons. The van der Waals surface area contributed by atoms with Gasteiger partial charge >= 0.3 is 5.97 Å². The molecule has 0 aromatic heterocycles. The van der Waals surface area contributed by atoms with Gasteiger partial charge in [0.1, 0.15) is 0 Å². The Labute approximate surface area is 157 Å². The SMILES string of the molecule is CCCCCCCC(CCCCCCC)OCC[C@H](C)C(=O)OCC. The Bertz CT molecular complexity index is 277. The number of unbranched alkanes of at least 4 members (excludes halogenated alkanes) is 8. The van der Waals surface area contributed by atoms with Gasteiger partial charge < -0.3 is 9.47 Å². The van der Waals surface area contributed by atoms with Crippen LogP contribution in [0.4, 0.5) is 0 Å². The summed E-state index contributed by atoms with van der Waals surface area (Å²) in [5, 5.41) is 0. The molecule has 0 aliphatic carbocycles. The van der Waals surface area contributed by atoms with Crippen LogP contribution in [0.1, 0.15) is 111 Å². The first-order valence-electron chi connectivity index (χ1n) is 10.9. The topological polar surface area (TPSA) is 35.5 Å². The molecular weight excluding hydrogens is 312 g/mol. The fourth-order valence-electron chi connectivity index (χ4n) is 3.08. The molecule has 0 aromatic rings. The van der Waals surface area contributed by atoms with Crippen LogP contribution < -0.4 is 0 Å². The van der Waals surface area contributed by atoms with E-state index in [2.05, 4.69) is 13.8 Å². The molecule has 1 atom stereocenters. The van der Waals surface area contributed by atoms with Crippen LogP contribution in [-0.2, 0) is 14.3 Å². The molecule has 0 unspecified atom stereocenters. The summed E-state index contributed by atoms with van der Waals surface area (Å²) in [6.45, 7) is 9.44. The van der Waals surface area contributed by atoms with Crippen LogP contribution in [0.15, 0.2) is 0 Å². The van der Waals surface area contributed by atoms with Crippen molar-refractivity contribution in [3.8, 4) is 0 Å². The molecule has 0 bridgehead atoms. The number of hydrogen-bond donors (Lipinski definition) is 0. The highest BCUT2D eigenvalue weighted by Crippen LogP contribution is 2.17. The molecule has 0 heterocycles. The molecule has 3 nitrogen and oxygen atoms in total. The van der Waals surface area contributed by atoms with Crippen molar-refractivity contribution in [1.29, 1.82) is 0 Å². The van der Waals surface area contributed by atoms with E-state index in [1.165, 1.54) is 77.0 Å². The van der Waals surface area contributed by atoms with Crippen molar-refractivity contribution in [3.05, 3.63) is 0 Å². The third-order valence-corrected chi connectivity index (χ3v) is 4.85. The number of rotatable bonds is 18. The predicted molar refractivity (Wildman–Crippen MR) is 107 cm³/mol. The first kappa shape index (κ1) is 24.4. The third kappa shape index (κ3) is 15.4. The van der Waals surface area contributed by atoms with Crippen LogP contribution in [-0.4, -0.2) is 25.3 Å². The Morgan fingerprint density at radius 3 is 1.76 bits per heavy atom. The average molecular weight is 357 g/mol. The lowest BCUT2D eigenvalue weighted by molar-refractivity contribution is -0.148. The van der Waals surface area contributed by atoms with Gasteiger partial charge in [-0.2, -0.15) is 0 Å². The standard InChI is InChI=1S/C22H44O3/c1-5-8-10-12-14-16-21(17-15-13-11-9-6-2)25-19-18-20(4)22(23)24-7-3/h20-21H,5-19H2,1-4H3/t20-/m0/s1. The Morgan fingerprint density at radius 2 is 1.28 bits per heavy atom. The molecule has 0 radical (unpaired) electrons. The van der Waals surface area contributed by atoms with Crippen LogP contribution in [0.3, 0.4) is 0 Å². The summed E-state index contributed by atoms with van der Waals surface area (Å²) in [7, 11) is 0. The van der Waals surface area contributed by atoms with Crippen molar-refractivity contribution < 1.29 is 14.3 Å². The highest BCUT2D eigenvalue weighted by molar-refractivity contribution is 5.71. The lowest BCUT2D eigenvalue weighted by Crippen LogP contribution is -2.19. The van der Waals surface area contributed by atoms with E-state index in [1.807, 2.05) is 13.8 Å². The average Bonchev–Trinajstić information content (AvgIpc) is 2.60. The first-order chi connectivity index (χ1) is 12.2. The van der Waals surface area contributed by atoms with E-state index < -0.39 is 0 Å². The second kappa shape index (κ2) is 18.2. The minimum absolute atomic E-state index is 0.0605. The Balaban J connectivity index is 4.02. The van der Waals surface area contributed by atoms with E-state index in [4.69, 9.17) is 9.47 Å². The molecule has 0 saturated carbocycles. The van der Waals surface area contributed by atoms with Gasteiger partial charge in [-0.15, -0.1) is 0 Å². The lowest BCUT2D eigenvalue weighted by Gasteiger charge is -2.19. The molecule has 0 aliphatic rings. The zero-order valence-corrected chi connectivity index (χ0v) is 17.5. The summed E-state index contributed by atoms with van der Waals surface area (Å²) in [4.78, 5) is 11.7. The molecule has 0 spiro atoms. The molecule has 3 heteroatoms. The van der Waals surface area contributed by atoms with Gasteiger partial charge in [-0.3, -0.25) is 4.79 Å². The van der Waals surface area contributed by atoms with Crippen LogP contribution >= 0.6 is 0 Å². The molecule has 0 amide bonds. The van der Waals surface area contributed by atoms with E-state index in [0.29, 0.717) is 19.3 Å². The van der Waals surface area contributed by atoms with Crippen LogP contribution in [0.25, 0.3) is 0 Å². The van der Waals surface area contributed by atoms with Gasteiger partial charge in [0, 0.05) is 6.61 Å². The summed E-state index contributed by atoms with van der Waals surface area (Å²) >= 11 is 0. The Morgan fingerprint density at radius 1 is 0.760 bits per heavy atom. The third-order valence-electron chi connectivity index (χ3n) is 4.85. The fraction of sp³-hybridized carbons (Fsp3) is 0.955. The number of hydrogen-bond acceptors (Lipinski definition) is 3. The van der Waals surface area contributed by atoms with Crippen molar-refractivity contribution in [1.82, 2.24) is 0 Å². The zero-order chi connectivity index (χ0) is 18.8. The molecule has 0 saturated heterocycles. The van der Waals surface area contributed by atoms with E-state index in [9.17, 15) is 4.79 Å². The maximum atomic E-state index is 11.7. The Kier molecular flexibility index (Phi) is 17.8. The van der Waals surface area contributed by atoms with Gasteiger partial charge in [0.2, 0.25) is 0 Å². The molecule has 25 heavy (non-hydrogen) atoms. The van der Waals surface area contributed by atoms with Crippen molar-refractivity contribution in [2.75, 3.05) is 13.2 Å². The second-order valence-electron chi connectivity index (χ2n) is 7.34. The molecule has 0 aromatic carbocycles. The van der Waals surface area contributed by atoms with Crippen molar-refractivity contribution >= 4 is 5.97 Å². The highest BCUT2D eigenvalue weighted by atomic mass is 16.5. The maximum absolute atomic E-state index is 11.7. The summed E-state index contributed by atoms with van der Waals surface area (Å²) in [6.07, 6.45) is 16.6. The van der Waals surface area contributed by atoms with Crippen molar-refractivity contribution in [2.24, 2.45) is 5.92 Å². The number of carbonyl (C=O) groups is 1. The van der Waals surface area contributed by atoms with E-state index in [0.717, 1.165) is 6.42 Å². The van der Waals surface area contributed by atoms with E-state index >= 15 is 0 Å². The highest BCUT2D eigenvalue weighted by Gasteiger charge is 2.15. The van der Waals surface area contributed by atoms with E-state index in [1.54, 1.807) is 0 Å². The van der Waals surface area contributed by atoms with E-state index in [-0.39, 0.29) is 11.9 Å². The quantitative estimate of drug-likeness (QED) is 0.203. The molecule has 0 aliphatic heterocycles. The summed E-state index contributed by atoms with van der Waals surface area (Å²) in [5.74, 6) is -0.156. The van der Waals surface area contributed by atoms with Crippen molar-refractivity contribution in [3.63, 3.8) is 0 Å². The minimum atomic E-state index is -0.0956. The number of esters is 1. The minimum Gasteiger partial charge on any atom is -0.466 e. The smallest absolute Gasteiger partial charge is 0.308 e. The van der Waals surface area contributed by atoms with Crippen LogP contribution in [0.2, 0.25) is 0 Å². The predicted octanol–water partition coefficient (Wildman–Crippen LogP) is 6.68. The second-order valence-corrected chi connectivity index (χ2v) is 7.34. The van der Waals surface area contributed by atoms with Gasteiger partial charge in [0.05, 0.1) is 18.6 Å². The van der Waals surface area contributed by atoms with Gasteiger partial charge in [0.25, 0.3) is 0 Å². The molecule has 0 fully saturated rings. The summed E-state index contributed by atoms with van der Waals surface area (Å²) in [5.41, 5.74) is 0. The van der Waals surface area contributed by atoms with Gasteiger partial charge in [0.15, 0.2) is 0 Å². The normalized spacial score (nSPS) is 12.5. The Hall–Kier alpha value is -0.570. The largest absolute Gasteiger partial charge is 0.466 e. The number of ether oxygens (including phenoxy) is 2. The lowest BCUT2D eigenvalue weighted by atomic mass is 10.0. The monoisotopic (exact) mass is 356 g/mol. The first-order valence-corrected chi connectivity index (χ1v) is 10.9. The van der Waals surface area contributed by atoms with Gasteiger partial charge in [-0.05, 0) is 26.2 Å². The fourth-order valence-corrected chi connectivity index (χ4v) is 3.08. The maximum Gasteiger partial charge on any atom is 0.308 e. The number of carbonyl (C=O) groups excluding carboxylic acids is 1.